The largest absolute Gasteiger partial charge is 0.349 e. The maximum absolute atomic E-state index is 13.6. The molecule has 0 bridgehead atoms. The number of amides is 2. The Morgan fingerprint density at radius 2 is 1.74 bits per heavy atom. The van der Waals surface area contributed by atoms with Crippen molar-refractivity contribution in [2.75, 3.05) is 4.90 Å². The average Bonchev–Trinajstić information content (AvgIpc) is 2.88. The van der Waals surface area contributed by atoms with Crippen LogP contribution in [0, 0.1) is 5.82 Å². The second-order valence-electron chi connectivity index (χ2n) is 9.03. The third kappa shape index (κ3) is 5.49. The molecule has 0 unspecified atom stereocenters. The number of hydrogen-bond donors (Lipinski definition) is 1. The molecule has 0 atom stereocenters. The highest BCUT2D eigenvalue weighted by Gasteiger charge is 2.30. The summed E-state index contributed by atoms with van der Waals surface area (Å²) in [5.41, 5.74) is 3.00. The summed E-state index contributed by atoms with van der Waals surface area (Å²) in [6.07, 6.45) is 7.41. The molecule has 3 aromatic rings. The van der Waals surface area contributed by atoms with Gasteiger partial charge in [-0.05, 0) is 60.4 Å². The molecule has 0 saturated heterocycles. The van der Waals surface area contributed by atoms with Crippen LogP contribution in [0.15, 0.2) is 82.6 Å². The van der Waals surface area contributed by atoms with Crippen molar-refractivity contribution < 1.29 is 14.0 Å². The van der Waals surface area contributed by atoms with Crippen molar-refractivity contribution in [3.63, 3.8) is 0 Å². The van der Waals surface area contributed by atoms with Crippen molar-refractivity contribution >= 4 is 35.3 Å². The number of carbonyl (C=O) groups is 2. The molecule has 2 amide bonds. The Kier molecular flexibility index (Phi) is 7.00. The SMILES string of the molecule is O=C(NC1CCCCC1)c1ccc2c(c1)N(Cc1ccc(F)cc1)C(=O)/C(=C/c1ccccc1)S2. The van der Waals surface area contributed by atoms with Crippen LogP contribution in [0.5, 0.6) is 0 Å². The number of halogens is 1. The predicted molar refractivity (Wildman–Crippen MR) is 139 cm³/mol. The number of carbonyl (C=O) groups excluding carboxylic acids is 2. The van der Waals surface area contributed by atoms with Gasteiger partial charge in [0, 0.05) is 16.5 Å². The highest BCUT2D eigenvalue weighted by molar-refractivity contribution is 8.04. The van der Waals surface area contributed by atoms with Crippen LogP contribution in [0.3, 0.4) is 0 Å². The van der Waals surface area contributed by atoms with Crippen molar-refractivity contribution in [2.24, 2.45) is 0 Å². The molecule has 0 aromatic heterocycles. The molecule has 1 N–H and O–H groups in total. The van der Waals surface area contributed by atoms with Gasteiger partial charge in [0.2, 0.25) is 0 Å². The molecule has 3 aromatic carbocycles. The third-order valence-electron chi connectivity index (χ3n) is 6.48. The molecular formula is C29H27FN2O2S. The fraction of sp³-hybridized carbons (Fsp3) is 0.241. The fourth-order valence-corrected chi connectivity index (χ4v) is 5.64. The lowest BCUT2D eigenvalue weighted by atomic mass is 9.95. The smallest absolute Gasteiger partial charge is 0.265 e. The molecule has 6 heteroatoms. The number of fused-ring (bicyclic) bond motifs is 1. The molecule has 0 radical (unpaired) electrons. The summed E-state index contributed by atoms with van der Waals surface area (Å²) in [4.78, 5) is 29.8. The molecule has 0 spiro atoms. The third-order valence-corrected chi connectivity index (χ3v) is 7.56. The number of nitrogens with one attached hydrogen (secondary N) is 1. The highest BCUT2D eigenvalue weighted by atomic mass is 32.2. The van der Waals surface area contributed by atoms with E-state index < -0.39 is 0 Å². The minimum atomic E-state index is -0.319. The molecule has 1 heterocycles. The second kappa shape index (κ2) is 10.5. The Balaban J connectivity index is 1.48. The Bertz CT molecular complexity index is 1250. The molecule has 4 nitrogen and oxygen atoms in total. The van der Waals surface area contributed by atoms with Gasteiger partial charge in [-0.25, -0.2) is 4.39 Å². The van der Waals surface area contributed by atoms with Gasteiger partial charge in [-0.1, -0.05) is 73.5 Å². The predicted octanol–water partition coefficient (Wildman–Crippen LogP) is 6.57. The second-order valence-corrected chi connectivity index (χ2v) is 10.1. The van der Waals surface area contributed by atoms with Gasteiger partial charge in [0.25, 0.3) is 11.8 Å². The first-order valence-corrected chi connectivity index (χ1v) is 12.8. The monoisotopic (exact) mass is 486 g/mol. The van der Waals surface area contributed by atoms with Gasteiger partial charge in [0.15, 0.2) is 0 Å². The van der Waals surface area contributed by atoms with Crippen molar-refractivity contribution in [1.82, 2.24) is 5.32 Å². The lowest BCUT2D eigenvalue weighted by molar-refractivity contribution is -0.114. The molecule has 5 rings (SSSR count). The highest BCUT2D eigenvalue weighted by Crippen LogP contribution is 2.43. The first kappa shape index (κ1) is 23.4. The zero-order chi connectivity index (χ0) is 24.2. The summed E-state index contributed by atoms with van der Waals surface area (Å²) in [5, 5.41) is 3.16. The van der Waals surface area contributed by atoms with E-state index in [4.69, 9.17) is 0 Å². The Labute approximate surface area is 209 Å². The van der Waals surface area contributed by atoms with Crippen molar-refractivity contribution in [3.05, 3.63) is 100 Å². The van der Waals surface area contributed by atoms with E-state index in [1.54, 1.807) is 23.1 Å². The van der Waals surface area contributed by atoms with Crippen LogP contribution in [0.25, 0.3) is 6.08 Å². The van der Waals surface area contributed by atoms with Crippen LogP contribution in [0.4, 0.5) is 10.1 Å². The molecule has 178 valence electrons. The normalized spacial score (nSPS) is 17.3. The number of rotatable bonds is 5. The molecule has 1 aliphatic carbocycles. The van der Waals surface area contributed by atoms with Crippen molar-refractivity contribution in [2.45, 2.75) is 49.6 Å². The molecule has 1 saturated carbocycles. The standard InChI is InChI=1S/C29H27FN2O2S/c30-23-14-11-21(12-15-23)19-32-25-18-22(28(33)31-24-9-5-2-6-10-24)13-16-26(25)35-27(29(32)34)17-20-7-3-1-4-8-20/h1,3-4,7-8,11-18,24H,2,5-6,9-10,19H2,(H,31,33)/b27-17-. The van der Waals surface area contributed by atoms with Crippen LogP contribution in [0.2, 0.25) is 0 Å². The van der Waals surface area contributed by atoms with Gasteiger partial charge in [-0.15, -0.1) is 0 Å². The van der Waals surface area contributed by atoms with Gasteiger partial charge in [0.1, 0.15) is 5.82 Å². The van der Waals surface area contributed by atoms with Gasteiger partial charge < -0.3 is 10.2 Å². The molecule has 1 aliphatic heterocycles. The van der Waals surface area contributed by atoms with E-state index in [1.165, 1.54) is 30.3 Å². The van der Waals surface area contributed by atoms with E-state index in [0.717, 1.165) is 41.7 Å². The number of nitrogens with zero attached hydrogens (tertiary/aromatic N) is 1. The Morgan fingerprint density at radius 1 is 1.00 bits per heavy atom. The first-order valence-electron chi connectivity index (χ1n) is 12.0. The summed E-state index contributed by atoms with van der Waals surface area (Å²) in [7, 11) is 0. The van der Waals surface area contributed by atoms with Gasteiger partial charge in [0.05, 0.1) is 17.1 Å². The van der Waals surface area contributed by atoms with Crippen LogP contribution in [0.1, 0.15) is 53.6 Å². The first-order chi connectivity index (χ1) is 17.1. The van der Waals surface area contributed by atoms with E-state index >= 15 is 0 Å². The van der Waals surface area contributed by atoms with Crippen LogP contribution in [-0.4, -0.2) is 17.9 Å². The number of hydrogen-bond acceptors (Lipinski definition) is 3. The van der Waals surface area contributed by atoms with Crippen LogP contribution >= 0.6 is 11.8 Å². The lowest BCUT2D eigenvalue weighted by Gasteiger charge is -2.31. The number of benzene rings is 3. The lowest BCUT2D eigenvalue weighted by Crippen LogP contribution is -2.37. The summed E-state index contributed by atoms with van der Waals surface area (Å²) in [6.45, 7) is 0.284. The van der Waals surface area contributed by atoms with Gasteiger partial charge in [-0.2, -0.15) is 0 Å². The quantitative estimate of drug-likeness (QED) is 0.415. The molecule has 1 fully saturated rings. The average molecular weight is 487 g/mol. The van der Waals surface area contributed by atoms with E-state index in [-0.39, 0.29) is 30.2 Å². The Morgan fingerprint density at radius 3 is 2.49 bits per heavy atom. The summed E-state index contributed by atoms with van der Waals surface area (Å²) >= 11 is 1.41. The van der Waals surface area contributed by atoms with Gasteiger partial charge in [-0.3, -0.25) is 9.59 Å². The molecule has 2 aliphatic rings. The number of anilines is 1. The van der Waals surface area contributed by atoms with E-state index in [9.17, 15) is 14.0 Å². The zero-order valence-corrected chi connectivity index (χ0v) is 20.2. The van der Waals surface area contributed by atoms with E-state index in [1.807, 2.05) is 48.5 Å². The van der Waals surface area contributed by atoms with Crippen molar-refractivity contribution in [3.8, 4) is 0 Å². The summed E-state index contributed by atoms with van der Waals surface area (Å²) < 4.78 is 13.5. The van der Waals surface area contributed by atoms with E-state index in [0.29, 0.717) is 16.2 Å². The van der Waals surface area contributed by atoms with Crippen LogP contribution < -0.4 is 10.2 Å². The summed E-state index contributed by atoms with van der Waals surface area (Å²) in [6, 6.07) is 21.6. The zero-order valence-electron chi connectivity index (χ0n) is 19.4. The maximum atomic E-state index is 13.6. The van der Waals surface area contributed by atoms with Gasteiger partial charge >= 0.3 is 0 Å². The molecular weight excluding hydrogens is 459 g/mol. The minimum absolute atomic E-state index is 0.107. The fourth-order valence-electron chi connectivity index (χ4n) is 4.60. The maximum Gasteiger partial charge on any atom is 0.265 e. The minimum Gasteiger partial charge on any atom is -0.349 e. The molecule has 35 heavy (non-hydrogen) atoms. The van der Waals surface area contributed by atoms with Crippen LogP contribution in [-0.2, 0) is 11.3 Å². The Hall–Kier alpha value is -3.38. The topological polar surface area (TPSA) is 49.4 Å². The van der Waals surface area contributed by atoms with E-state index in [2.05, 4.69) is 5.32 Å². The number of thioether (sulfide) groups is 1. The summed E-state index contributed by atoms with van der Waals surface area (Å²) in [5.74, 6) is -0.564. The van der Waals surface area contributed by atoms with Crippen molar-refractivity contribution in [1.29, 1.82) is 0 Å².